The molecule has 5 nitrogen and oxygen atoms in total. The lowest BCUT2D eigenvalue weighted by Gasteiger charge is -2.02. The highest BCUT2D eigenvalue weighted by Crippen LogP contribution is 2.41. The summed E-state index contributed by atoms with van der Waals surface area (Å²) in [5.41, 5.74) is 1.73. The molecule has 1 saturated carbocycles. The minimum absolute atomic E-state index is 0.176. The molecule has 0 aliphatic heterocycles. The van der Waals surface area contributed by atoms with Crippen LogP contribution in [0.25, 0.3) is 15.9 Å². The van der Waals surface area contributed by atoms with Gasteiger partial charge >= 0.3 is 5.69 Å². The van der Waals surface area contributed by atoms with Crippen molar-refractivity contribution in [2.75, 3.05) is 0 Å². The van der Waals surface area contributed by atoms with Gasteiger partial charge in [-0.05, 0) is 32.3 Å². The molecular weight excluding hydrogens is 248 g/mol. The maximum absolute atomic E-state index is 11.9. The molecule has 3 aromatic rings. The van der Waals surface area contributed by atoms with Gasteiger partial charge in [-0.3, -0.25) is 0 Å². The number of rotatable bonds is 1. The molecule has 0 unspecified atom stereocenters. The summed E-state index contributed by atoms with van der Waals surface area (Å²) in [6, 6.07) is 0. The van der Waals surface area contributed by atoms with E-state index in [0.29, 0.717) is 5.92 Å². The Labute approximate surface area is 106 Å². The van der Waals surface area contributed by atoms with Crippen molar-refractivity contribution in [3.63, 3.8) is 0 Å². The highest BCUT2D eigenvalue weighted by molar-refractivity contribution is 7.18. The average molecular weight is 260 g/mol. The van der Waals surface area contributed by atoms with Crippen molar-refractivity contribution in [1.82, 2.24) is 19.6 Å². The van der Waals surface area contributed by atoms with E-state index in [1.807, 2.05) is 0 Å². The van der Waals surface area contributed by atoms with E-state index in [1.54, 1.807) is 15.7 Å². The van der Waals surface area contributed by atoms with E-state index in [0.717, 1.165) is 34.5 Å². The smallest absolute Gasteiger partial charge is 0.246 e. The summed E-state index contributed by atoms with van der Waals surface area (Å²) in [6.45, 7) is 4.14. The largest absolute Gasteiger partial charge is 0.349 e. The van der Waals surface area contributed by atoms with E-state index in [9.17, 15) is 4.79 Å². The van der Waals surface area contributed by atoms with Gasteiger partial charge in [0.05, 0.1) is 5.39 Å². The van der Waals surface area contributed by atoms with Crippen LogP contribution in [0.5, 0.6) is 0 Å². The molecule has 1 aliphatic carbocycles. The second-order valence-corrected chi connectivity index (χ2v) is 6.10. The molecule has 3 aromatic heterocycles. The quantitative estimate of drug-likeness (QED) is 0.729. The molecule has 0 aromatic carbocycles. The van der Waals surface area contributed by atoms with Crippen LogP contribution < -0.4 is 5.69 Å². The first kappa shape index (κ1) is 10.3. The number of hydrogen-bond donors (Lipinski definition) is 1. The van der Waals surface area contributed by atoms with E-state index >= 15 is 0 Å². The Balaban J connectivity index is 2.28. The minimum atomic E-state index is -0.176. The lowest BCUT2D eigenvalue weighted by molar-refractivity contribution is 0.872. The van der Waals surface area contributed by atoms with Crippen molar-refractivity contribution in [2.24, 2.45) is 0 Å². The van der Waals surface area contributed by atoms with Gasteiger partial charge in [0.2, 0.25) is 0 Å². The average Bonchev–Trinajstić information content (AvgIpc) is 3.06. The van der Waals surface area contributed by atoms with Gasteiger partial charge in [-0.25, -0.2) is 19.3 Å². The Morgan fingerprint density at radius 3 is 2.89 bits per heavy atom. The molecule has 0 spiro atoms. The third-order valence-corrected chi connectivity index (χ3v) is 4.75. The van der Waals surface area contributed by atoms with Gasteiger partial charge in [0.1, 0.15) is 10.7 Å². The fraction of sp³-hybridized carbons (Fsp3) is 0.417. The number of aryl methyl sites for hydroxylation is 2. The molecule has 4 rings (SSSR count). The third-order valence-electron chi connectivity index (χ3n) is 3.65. The van der Waals surface area contributed by atoms with Crippen LogP contribution in [0.15, 0.2) is 4.79 Å². The standard InChI is InChI=1S/C12H12N4OS/c1-5-6(2)18-11-8(5)10-14-15-12(17)16(10)9(13-11)7-3-4-7/h7H,3-4H2,1-2H3,(H,15,17). The van der Waals surface area contributed by atoms with Crippen LogP contribution in [-0.4, -0.2) is 19.6 Å². The predicted molar refractivity (Wildman–Crippen MR) is 70.4 cm³/mol. The lowest BCUT2D eigenvalue weighted by Crippen LogP contribution is -2.14. The van der Waals surface area contributed by atoms with E-state index in [1.165, 1.54) is 10.4 Å². The van der Waals surface area contributed by atoms with Crippen LogP contribution in [0.4, 0.5) is 0 Å². The van der Waals surface area contributed by atoms with E-state index in [4.69, 9.17) is 4.98 Å². The van der Waals surface area contributed by atoms with Crippen molar-refractivity contribution in [3.8, 4) is 0 Å². The zero-order valence-corrected chi connectivity index (χ0v) is 11.0. The Morgan fingerprint density at radius 1 is 1.39 bits per heavy atom. The zero-order chi connectivity index (χ0) is 12.4. The zero-order valence-electron chi connectivity index (χ0n) is 10.1. The number of nitrogens with zero attached hydrogens (tertiary/aromatic N) is 3. The summed E-state index contributed by atoms with van der Waals surface area (Å²) in [5.74, 6) is 1.30. The minimum Gasteiger partial charge on any atom is -0.246 e. The number of H-pyrrole nitrogens is 1. The molecule has 0 saturated heterocycles. The Morgan fingerprint density at radius 2 is 2.17 bits per heavy atom. The maximum Gasteiger partial charge on any atom is 0.349 e. The van der Waals surface area contributed by atoms with Crippen molar-refractivity contribution in [2.45, 2.75) is 32.6 Å². The highest BCUT2D eigenvalue weighted by Gasteiger charge is 2.30. The molecule has 0 bridgehead atoms. The van der Waals surface area contributed by atoms with Gasteiger partial charge in [-0.2, -0.15) is 5.10 Å². The summed E-state index contributed by atoms with van der Waals surface area (Å²) in [5, 5.41) is 7.75. The number of thiophene rings is 1. The van der Waals surface area contributed by atoms with Gasteiger partial charge < -0.3 is 0 Å². The molecule has 0 atom stereocenters. The van der Waals surface area contributed by atoms with Gasteiger partial charge in [-0.1, -0.05) is 0 Å². The van der Waals surface area contributed by atoms with Crippen molar-refractivity contribution in [1.29, 1.82) is 0 Å². The monoisotopic (exact) mass is 260 g/mol. The summed E-state index contributed by atoms with van der Waals surface area (Å²) in [4.78, 5) is 18.8. The van der Waals surface area contributed by atoms with Crippen LogP contribution in [0, 0.1) is 13.8 Å². The topological polar surface area (TPSA) is 63.1 Å². The second-order valence-electron chi connectivity index (χ2n) is 4.90. The number of aromatic amines is 1. The first-order chi connectivity index (χ1) is 8.66. The molecule has 6 heteroatoms. The van der Waals surface area contributed by atoms with E-state index in [-0.39, 0.29) is 5.69 Å². The molecular formula is C12H12N4OS. The Hall–Kier alpha value is -1.69. The first-order valence-electron chi connectivity index (χ1n) is 6.03. The van der Waals surface area contributed by atoms with Gasteiger partial charge in [-0.15, -0.1) is 11.3 Å². The molecule has 0 amide bonds. The number of nitrogens with one attached hydrogen (secondary N) is 1. The Bertz CT molecular complexity index is 837. The highest BCUT2D eigenvalue weighted by atomic mass is 32.1. The molecule has 3 heterocycles. The molecule has 92 valence electrons. The van der Waals surface area contributed by atoms with Crippen LogP contribution in [0.3, 0.4) is 0 Å². The fourth-order valence-electron chi connectivity index (χ4n) is 2.40. The first-order valence-corrected chi connectivity index (χ1v) is 6.85. The number of fused-ring (bicyclic) bond motifs is 3. The third kappa shape index (κ3) is 1.18. The number of aromatic nitrogens is 4. The molecule has 1 N–H and O–H groups in total. The SMILES string of the molecule is Cc1sc2nc(C3CC3)n3c(=O)[nH]nc3c2c1C. The summed E-state index contributed by atoms with van der Waals surface area (Å²) >= 11 is 1.68. The van der Waals surface area contributed by atoms with E-state index < -0.39 is 0 Å². The summed E-state index contributed by atoms with van der Waals surface area (Å²) in [7, 11) is 0. The maximum atomic E-state index is 11.9. The van der Waals surface area contributed by atoms with Crippen molar-refractivity contribution in [3.05, 3.63) is 26.7 Å². The van der Waals surface area contributed by atoms with Crippen LogP contribution in [0.2, 0.25) is 0 Å². The normalized spacial score (nSPS) is 15.9. The summed E-state index contributed by atoms with van der Waals surface area (Å²) < 4.78 is 1.65. The van der Waals surface area contributed by atoms with Gasteiger partial charge in [0.15, 0.2) is 5.65 Å². The molecule has 18 heavy (non-hydrogen) atoms. The molecule has 1 fully saturated rings. The van der Waals surface area contributed by atoms with Gasteiger partial charge in [0, 0.05) is 10.8 Å². The predicted octanol–water partition coefficient (Wildman–Crippen LogP) is 2.13. The van der Waals surface area contributed by atoms with E-state index in [2.05, 4.69) is 24.0 Å². The molecule has 1 aliphatic rings. The van der Waals surface area contributed by atoms with Crippen LogP contribution in [0.1, 0.15) is 35.0 Å². The van der Waals surface area contributed by atoms with Crippen LogP contribution in [-0.2, 0) is 0 Å². The van der Waals surface area contributed by atoms with Crippen molar-refractivity contribution < 1.29 is 0 Å². The lowest BCUT2D eigenvalue weighted by atomic mass is 10.2. The Kier molecular flexibility index (Phi) is 1.82. The van der Waals surface area contributed by atoms with Gasteiger partial charge in [0.25, 0.3) is 0 Å². The summed E-state index contributed by atoms with van der Waals surface area (Å²) in [6.07, 6.45) is 2.24. The van der Waals surface area contributed by atoms with Crippen molar-refractivity contribution >= 4 is 27.2 Å². The van der Waals surface area contributed by atoms with Crippen LogP contribution >= 0.6 is 11.3 Å². The number of hydrogen-bond acceptors (Lipinski definition) is 4. The molecule has 0 radical (unpaired) electrons. The second kappa shape index (κ2) is 3.20. The fourth-order valence-corrected chi connectivity index (χ4v) is 3.43.